The van der Waals surface area contributed by atoms with Crippen molar-refractivity contribution in [3.8, 4) is 0 Å². The van der Waals surface area contributed by atoms with Crippen molar-refractivity contribution in [1.29, 1.82) is 0 Å². The van der Waals surface area contributed by atoms with Gasteiger partial charge >= 0.3 is 0 Å². The Morgan fingerprint density at radius 3 is 2.46 bits per heavy atom. The molecule has 8 heteroatoms. The lowest BCUT2D eigenvalue weighted by Crippen LogP contribution is -2.43. The van der Waals surface area contributed by atoms with Crippen molar-refractivity contribution in [2.75, 3.05) is 24.6 Å². The van der Waals surface area contributed by atoms with Crippen molar-refractivity contribution in [3.05, 3.63) is 65.5 Å². The number of sulfonamides is 1. The van der Waals surface area contributed by atoms with Crippen LogP contribution in [0.1, 0.15) is 25.0 Å². The summed E-state index contributed by atoms with van der Waals surface area (Å²) in [6.07, 6.45) is 1.12. The fourth-order valence-corrected chi connectivity index (χ4v) is 3.29. The molecule has 28 heavy (non-hydrogen) atoms. The maximum atomic E-state index is 13.5. The van der Waals surface area contributed by atoms with E-state index in [0.717, 1.165) is 17.4 Å². The monoisotopic (exact) mass is 406 g/mol. The van der Waals surface area contributed by atoms with Crippen LogP contribution in [0.5, 0.6) is 0 Å². The molecule has 0 radical (unpaired) electrons. The molecule has 2 aromatic rings. The number of halogens is 1. The van der Waals surface area contributed by atoms with Gasteiger partial charge < -0.3 is 10.6 Å². The second-order valence-electron chi connectivity index (χ2n) is 7.20. The molecule has 3 N–H and O–H groups in total. The molecule has 0 heterocycles. The Morgan fingerprint density at radius 1 is 1.11 bits per heavy atom. The first-order chi connectivity index (χ1) is 13.1. The Hall–Kier alpha value is -2.61. The molecule has 152 valence electrons. The number of nitrogens with one attached hydrogen (secondary N) is 3. The third kappa shape index (κ3) is 6.53. The van der Waals surface area contributed by atoms with E-state index in [1.165, 1.54) is 12.1 Å². The Bertz CT molecular complexity index is 943. The van der Waals surface area contributed by atoms with Crippen molar-refractivity contribution >= 4 is 21.7 Å². The number of guanidine groups is 1. The SMILES string of the molecule is CN=C(NCc1ccccc1NS(C)(=O)=O)NCC(C)(C)c1cccc(F)c1. The minimum Gasteiger partial charge on any atom is -0.356 e. The molecule has 0 unspecified atom stereocenters. The summed E-state index contributed by atoms with van der Waals surface area (Å²) in [4.78, 5) is 4.20. The molecule has 2 aromatic carbocycles. The molecule has 0 saturated heterocycles. The van der Waals surface area contributed by atoms with Gasteiger partial charge in [-0.15, -0.1) is 0 Å². The van der Waals surface area contributed by atoms with Gasteiger partial charge in [0.15, 0.2) is 5.96 Å². The van der Waals surface area contributed by atoms with Gasteiger partial charge in [-0.3, -0.25) is 9.71 Å². The van der Waals surface area contributed by atoms with Crippen LogP contribution in [0.4, 0.5) is 10.1 Å². The van der Waals surface area contributed by atoms with E-state index in [-0.39, 0.29) is 11.2 Å². The maximum Gasteiger partial charge on any atom is 0.229 e. The van der Waals surface area contributed by atoms with Crippen LogP contribution in [0.2, 0.25) is 0 Å². The smallest absolute Gasteiger partial charge is 0.229 e. The first-order valence-electron chi connectivity index (χ1n) is 8.87. The van der Waals surface area contributed by atoms with Gasteiger partial charge in [-0.1, -0.05) is 44.2 Å². The number of para-hydroxylation sites is 1. The van der Waals surface area contributed by atoms with Crippen molar-refractivity contribution in [2.24, 2.45) is 4.99 Å². The van der Waals surface area contributed by atoms with Crippen molar-refractivity contribution in [1.82, 2.24) is 10.6 Å². The average Bonchev–Trinajstić information content (AvgIpc) is 2.62. The van der Waals surface area contributed by atoms with Crippen LogP contribution in [-0.4, -0.2) is 34.2 Å². The van der Waals surface area contributed by atoms with E-state index in [4.69, 9.17) is 0 Å². The van der Waals surface area contributed by atoms with Gasteiger partial charge in [0.2, 0.25) is 10.0 Å². The molecule has 0 aliphatic rings. The van der Waals surface area contributed by atoms with Crippen molar-refractivity contribution in [3.63, 3.8) is 0 Å². The fraction of sp³-hybridized carbons (Fsp3) is 0.350. The van der Waals surface area contributed by atoms with Gasteiger partial charge in [-0.05, 0) is 29.3 Å². The van der Waals surface area contributed by atoms with Gasteiger partial charge in [-0.25, -0.2) is 12.8 Å². The molecule has 6 nitrogen and oxygen atoms in total. The number of rotatable bonds is 7. The Kier molecular flexibility index (Phi) is 7.01. The van der Waals surface area contributed by atoms with Crippen LogP contribution < -0.4 is 15.4 Å². The minimum absolute atomic E-state index is 0.261. The summed E-state index contributed by atoms with van der Waals surface area (Å²) >= 11 is 0. The van der Waals surface area contributed by atoms with Crippen LogP contribution in [0.3, 0.4) is 0 Å². The second-order valence-corrected chi connectivity index (χ2v) is 8.95. The highest BCUT2D eigenvalue weighted by Gasteiger charge is 2.21. The van der Waals surface area contributed by atoms with Gasteiger partial charge in [-0.2, -0.15) is 0 Å². The zero-order valence-electron chi connectivity index (χ0n) is 16.6. The highest BCUT2D eigenvalue weighted by Crippen LogP contribution is 2.23. The molecule has 0 saturated carbocycles. The summed E-state index contributed by atoms with van der Waals surface area (Å²) in [5.41, 5.74) is 1.89. The zero-order valence-corrected chi connectivity index (χ0v) is 17.4. The number of nitrogens with zero attached hydrogens (tertiary/aromatic N) is 1. The lowest BCUT2D eigenvalue weighted by atomic mass is 9.84. The van der Waals surface area contributed by atoms with Gasteiger partial charge in [0.25, 0.3) is 0 Å². The van der Waals surface area contributed by atoms with Crippen LogP contribution in [0.25, 0.3) is 0 Å². The van der Waals surface area contributed by atoms with Gasteiger partial charge in [0.1, 0.15) is 5.82 Å². The van der Waals surface area contributed by atoms with Crippen LogP contribution >= 0.6 is 0 Å². The molecule has 0 aliphatic carbocycles. The first kappa shape index (κ1) is 21.7. The minimum atomic E-state index is -3.36. The Labute approximate surface area is 166 Å². The molecule has 0 fully saturated rings. The quantitative estimate of drug-likeness (QED) is 0.488. The summed E-state index contributed by atoms with van der Waals surface area (Å²) in [7, 11) is -1.70. The number of hydrogen-bond donors (Lipinski definition) is 3. The highest BCUT2D eigenvalue weighted by molar-refractivity contribution is 7.92. The predicted octanol–water partition coefficient (Wildman–Crippen LogP) is 2.84. The molecule has 2 rings (SSSR count). The van der Waals surface area contributed by atoms with Gasteiger partial charge in [0, 0.05) is 25.6 Å². The summed E-state index contributed by atoms with van der Waals surface area (Å²) < 4.78 is 39.1. The second kappa shape index (κ2) is 9.05. The molecular weight excluding hydrogens is 379 g/mol. The lowest BCUT2D eigenvalue weighted by molar-refractivity contribution is 0.503. The third-order valence-corrected chi connectivity index (χ3v) is 4.88. The summed E-state index contributed by atoms with van der Waals surface area (Å²) in [6, 6.07) is 13.7. The first-order valence-corrected chi connectivity index (χ1v) is 10.8. The topological polar surface area (TPSA) is 82.6 Å². The summed E-state index contributed by atoms with van der Waals surface area (Å²) in [5.74, 6) is 0.307. The lowest BCUT2D eigenvalue weighted by Gasteiger charge is -2.27. The van der Waals surface area contributed by atoms with E-state index in [9.17, 15) is 12.8 Å². The molecule has 0 spiro atoms. The van der Waals surface area contributed by atoms with Gasteiger partial charge in [0.05, 0.1) is 11.9 Å². The Morgan fingerprint density at radius 2 is 1.82 bits per heavy atom. The molecule has 0 bridgehead atoms. The molecule has 0 aromatic heterocycles. The largest absolute Gasteiger partial charge is 0.356 e. The predicted molar refractivity (Wildman–Crippen MR) is 113 cm³/mol. The molecule has 0 amide bonds. The zero-order chi connectivity index (χ0) is 20.8. The number of hydrogen-bond acceptors (Lipinski definition) is 3. The number of anilines is 1. The number of benzene rings is 2. The summed E-state index contributed by atoms with van der Waals surface area (Å²) in [6.45, 7) is 4.97. The maximum absolute atomic E-state index is 13.5. The van der Waals surface area contributed by atoms with E-state index < -0.39 is 10.0 Å². The van der Waals surface area contributed by atoms with Crippen LogP contribution in [-0.2, 0) is 22.0 Å². The van der Waals surface area contributed by atoms with E-state index >= 15 is 0 Å². The average molecular weight is 407 g/mol. The standard InChI is InChI=1S/C20H27FN4O2S/c1-20(2,16-9-7-10-17(21)12-16)14-24-19(22-3)23-13-15-8-5-6-11-18(15)25-28(4,26)27/h5-12,25H,13-14H2,1-4H3,(H2,22,23,24). The highest BCUT2D eigenvalue weighted by atomic mass is 32.2. The third-order valence-electron chi connectivity index (χ3n) is 4.29. The molecule has 0 aliphatic heterocycles. The van der Waals surface area contributed by atoms with E-state index in [1.54, 1.807) is 25.2 Å². The van der Waals surface area contributed by atoms with Crippen molar-refractivity contribution in [2.45, 2.75) is 25.8 Å². The van der Waals surface area contributed by atoms with Crippen molar-refractivity contribution < 1.29 is 12.8 Å². The summed E-state index contributed by atoms with van der Waals surface area (Å²) in [5, 5.41) is 6.42. The Balaban J connectivity index is 2.01. The molecule has 0 atom stereocenters. The number of aliphatic imine (C=N–C) groups is 1. The van der Waals surface area contributed by atoms with E-state index in [2.05, 4.69) is 20.3 Å². The van der Waals surface area contributed by atoms with Crippen LogP contribution in [0.15, 0.2) is 53.5 Å². The molecular formula is C20H27FN4O2S. The fourth-order valence-electron chi connectivity index (χ4n) is 2.69. The van der Waals surface area contributed by atoms with E-state index in [0.29, 0.717) is 24.7 Å². The van der Waals surface area contributed by atoms with Crippen LogP contribution in [0, 0.1) is 5.82 Å². The normalized spacial score (nSPS) is 12.5. The van der Waals surface area contributed by atoms with E-state index in [1.807, 2.05) is 32.0 Å².